The molecule has 0 spiro atoms. The fourth-order valence-electron chi connectivity index (χ4n) is 0.398. The van der Waals surface area contributed by atoms with Gasteiger partial charge in [0.05, 0.1) is 0 Å². The minimum Gasteiger partial charge on any atom is -0.0933 e. The van der Waals surface area contributed by atoms with Crippen molar-refractivity contribution in [2.45, 2.75) is 27.7 Å². The normalized spacial score (nSPS) is 16.6. The molecular formula is C8H15Cl. The third-order valence-corrected chi connectivity index (χ3v) is 1.87. The van der Waals surface area contributed by atoms with E-state index in [-0.39, 0.29) is 0 Å². The molecule has 0 fully saturated rings. The van der Waals surface area contributed by atoms with Gasteiger partial charge in [0.2, 0.25) is 0 Å². The summed E-state index contributed by atoms with van der Waals surface area (Å²) in [7, 11) is 0. The van der Waals surface area contributed by atoms with Gasteiger partial charge in [-0.15, -0.1) is 0 Å². The molecule has 9 heavy (non-hydrogen) atoms. The topological polar surface area (TPSA) is 0 Å². The van der Waals surface area contributed by atoms with Crippen LogP contribution in [0.4, 0.5) is 0 Å². The Bertz CT molecular complexity index is 97.6. The molecule has 0 aromatic rings. The van der Waals surface area contributed by atoms with Crippen molar-refractivity contribution in [1.29, 1.82) is 0 Å². The van der Waals surface area contributed by atoms with E-state index in [4.69, 9.17) is 11.6 Å². The maximum Gasteiger partial charge on any atom is 0.000535 e. The standard InChI is InChI=1S/C8H15Cl/c1-7(5-6-9)8(2,3)4/h5-7H,1-4H3/b6-5+. The minimum atomic E-state index is 0.339. The fourth-order valence-corrected chi connectivity index (χ4v) is 0.616. The second-order valence-corrected chi connectivity index (χ2v) is 3.73. The second kappa shape index (κ2) is 3.26. The zero-order chi connectivity index (χ0) is 7.49. The Kier molecular flexibility index (Phi) is 3.27. The van der Waals surface area contributed by atoms with Crippen molar-refractivity contribution in [3.63, 3.8) is 0 Å². The molecule has 0 saturated carbocycles. The Morgan fingerprint density at radius 2 is 1.78 bits per heavy atom. The predicted octanol–water partition coefficient (Wildman–Crippen LogP) is 3.42. The maximum atomic E-state index is 5.42. The number of rotatable bonds is 1. The monoisotopic (exact) mass is 146 g/mol. The summed E-state index contributed by atoms with van der Waals surface area (Å²) in [5, 5.41) is 0. The zero-order valence-electron chi connectivity index (χ0n) is 6.61. The molecule has 1 heteroatoms. The summed E-state index contributed by atoms with van der Waals surface area (Å²) in [4.78, 5) is 0. The second-order valence-electron chi connectivity index (χ2n) is 3.47. The molecule has 0 bridgehead atoms. The van der Waals surface area contributed by atoms with Gasteiger partial charge < -0.3 is 0 Å². The molecule has 0 heterocycles. The number of allylic oxidation sites excluding steroid dienone is 1. The molecule has 0 rings (SSSR count). The summed E-state index contributed by atoms with van der Waals surface area (Å²) in [6.45, 7) is 8.77. The van der Waals surface area contributed by atoms with Gasteiger partial charge in [0.15, 0.2) is 0 Å². The number of halogens is 1. The van der Waals surface area contributed by atoms with Crippen molar-refractivity contribution < 1.29 is 0 Å². The number of hydrogen-bond donors (Lipinski definition) is 0. The summed E-state index contributed by atoms with van der Waals surface area (Å²) in [5.74, 6) is 0.551. The van der Waals surface area contributed by atoms with E-state index in [1.54, 1.807) is 5.54 Å². The van der Waals surface area contributed by atoms with Gasteiger partial charge in [0, 0.05) is 5.54 Å². The lowest BCUT2D eigenvalue weighted by Crippen LogP contribution is -2.14. The minimum absolute atomic E-state index is 0.339. The van der Waals surface area contributed by atoms with Crippen LogP contribution in [0.2, 0.25) is 0 Å². The third kappa shape index (κ3) is 3.58. The summed E-state index contributed by atoms with van der Waals surface area (Å²) in [6.07, 6.45) is 2.02. The Morgan fingerprint density at radius 3 is 1.89 bits per heavy atom. The van der Waals surface area contributed by atoms with Gasteiger partial charge in [-0.05, 0) is 11.3 Å². The largest absolute Gasteiger partial charge is 0.0933 e. The first-order valence-electron chi connectivity index (χ1n) is 3.25. The summed E-state index contributed by atoms with van der Waals surface area (Å²) in [6, 6.07) is 0. The zero-order valence-corrected chi connectivity index (χ0v) is 7.37. The van der Waals surface area contributed by atoms with Gasteiger partial charge in [-0.25, -0.2) is 0 Å². The van der Waals surface area contributed by atoms with Gasteiger partial charge in [0.25, 0.3) is 0 Å². The molecule has 1 unspecified atom stereocenters. The molecule has 0 N–H and O–H groups in total. The average molecular weight is 147 g/mol. The van der Waals surface area contributed by atoms with Crippen LogP contribution in [0.15, 0.2) is 11.6 Å². The number of hydrogen-bond acceptors (Lipinski definition) is 0. The van der Waals surface area contributed by atoms with Gasteiger partial charge in [-0.2, -0.15) is 0 Å². The molecule has 0 aliphatic rings. The highest BCUT2D eigenvalue weighted by Crippen LogP contribution is 2.26. The third-order valence-electron chi connectivity index (χ3n) is 1.73. The van der Waals surface area contributed by atoms with Crippen LogP contribution in [-0.4, -0.2) is 0 Å². The smallest absolute Gasteiger partial charge is 0.000535 e. The Morgan fingerprint density at radius 1 is 1.33 bits per heavy atom. The first-order valence-corrected chi connectivity index (χ1v) is 3.69. The van der Waals surface area contributed by atoms with Gasteiger partial charge in [-0.3, -0.25) is 0 Å². The molecular weight excluding hydrogens is 132 g/mol. The molecule has 0 aromatic carbocycles. The molecule has 0 radical (unpaired) electrons. The molecule has 54 valence electrons. The van der Waals surface area contributed by atoms with Crippen molar-refractivity contribution in [2.75, 3.05) is 0 Å². The van der Waals surface area contributed by atoms with Crippen LogP contribution in [0, 0.1) is 11.3 Å². The van der Waals surface area contributed by atoms with Crippen LogP contribution < -0.4 is 0 Å². The van der Waals surface area contributed by atoms with Crippen LogP contribution in [0.25, 0.3) is 0 Å². The maximum absolute atomic E-state index is 5.42. The van der Waals surface area contributed by atoms with Crippen molar-refractivity contribution in [3.05, 3.63) is 11.6 Å². The first kappa shape index (κ1) is 9.03. The van der Waals surface area contributed by atoms with Gasteiger partial charge in [-0.1, -0.05) is 45.4 Å². The highest BCUT2D eigenvalue weighted by atomic mass is 35.5. The van der Waals surface area contributed by atoms with Crippen LogP contribution in [0.5, 0.6) is 0 Å². The molecule has 0 amide bonds. The van der Waals surface area contributed by atoms with E-state index in [9.17, 15) is 0 Å². The Hall–Kier alpha value is 0.0300. The van der Waals surface area contributed by atoms with E-state index in [1.807, 2.05) is 6.08 Å². The van der Waals surface area contributed by atoms with Crippen LogP contribution >= 0.6 is 11.6 Å². The van der Waals surface area contributed by atoms with E-state index in [0.29, 0.717) is 11.3 Å². The van der Waals surface area contributed by atoms with Gasteiger partial charge >= 0.3 is 0 Å². The lowest BCUT2D eigenvalue weighted by molar-refractivity contribution is 0.314. The van der Waals surface area contributed by atoms with Crippen molar-refractivity contribution in [1.82, 2.24) is 0 Å². The lowest BCUT2D eigenvalue weighted by atomic mass is 9.82. The van der Waals surface area contributed by atoms with E-state index < -0.39 is 0 Å². The highest BCUT2D eigenvalue weighted by Gasteiger charge is 2.16. The quantitative estimate of drug-likeness (QED) is 0.532. The highest BCUT2D eigenvalue weighted by molar-refractivity contribution is 6.25. The molecule has 0 aromatic heterocycles. The first-order chi connectivity index (χ1) is 3.98. The molecule has 0 aliphatic carbocycles. The average Bonchev–Trinajstić information content (AvgIpc) is 1.64. The van der Waals surface area contributed by atoms with Crippen molar-refractivity contribution in [2.24, 2.45) is 11.3 Å². The van der Waals surface area contributed by atoms with Gasteiger partial charge in [0.1, 0.15) is 0 Å². The van der Waals surface area contributed by atoms with Crippen molar-refractivity contribution >= 4 is 11.6 Å². The van der Waals surface area contributed by atoms with Crippen molar-refractivity contribution in [3.8, 4) is 0 Å². The molecule has 0 saturated heterocycles. The van der Waals surface area contributed by atoms with E-state index >= 15 is 0 Å². The Balaban J connectivity index is 3.88. The molecule has 1 atom stereocenters. The summed E-state index contributed by atoms with van der Waals surface area (Å²) < 4.78 is 0. The summed E-state index contributed by atoms with van der Waals surface area (Å²) in [5.41, 5.74) is 1.93. The SMILES string of the molecule is CC(/C=C/Cl)C(C)(C)C. The Labute approximate surface area is 62.9 Å². The fraction of sp³-hybridized carbons (Fsp3) is 0.750. The van der Waals surface area contributed by atoms with E-state index in [0.717, 1.165) is 0 Å². The van der Waals surface area contributed by atoms with Crippen LogP contribution in [0.3, 0.4) is 0 Å². The van der Waals surface area contributed by atoms with Crippen LogP contribution in [-0.2, 0) is 0 Å². The van der Waals surface area contributed by atoms with E-state index in [2.05, 4.69) is 27.7 Å². The van der Waals surface area contributed by atoms with E-state index in [1.165, 1.54) is 0 Å². The van der Waals surface area contributed by atoms with Crippen LogP contribution in [0.1, 0.15) is 27.7 Å². The predicted molar refractivity (Wildman–Crippen MR) is 43.6 cm³/mol. The molecule has 0 nitrogen and oxygen atoms in total. The lowest BCUT2D eigenvalue weighted by Gasteiger charge is -2.23. The molecule has 0 aliphatic heterocycles. The summed E-state index contributed by atoms with van der Waals surface area (Å²) >= 11 is 5.42.